The van der Waals surface area contributed by atoms with Crippen molar-refractivity contribution in [3.8, 4) is 22.5 Å². The van der Waals surface area contributed by atoms with Crippen LogP contribution in [0.25, 0.3) is 22.5 Å². The second kappa shape index (κ2) is 11.4. The van der Waals surface area contributed by atoms with Crippen molar-refractivity contribution in [1.82, 2.24) is 25.3 Å². The third kappa shape index (κ3) is 6.37. The lowest BCUT2D eigenvalue weighted by atomic mass is 10.1. The largest absolute Gasteiger partial charge is 0.451 e. The van der Waals surface area contributed by atoms with Gasteiger partial charge in [0.1, 0.15) is 17.3 Å². The second-order valence-corrected chi connectivity index (χ2v) is 8.76. The minimum Gasteiger partial charge on any atom is -0.384 e. The van der Waals surface area contributed by atoms with Gasteiger partial charge < -0.3 is 16.4 Å². The van der Waals surface area contributed by atoms with Gasteiger partial charge in [0.2, 0.25) is 5.82 Å². The quantitative estimate of drug-likeness (QED) is 0.270. The lowest BCUT2D eigenvalue weighted by Crippen LogP contribution is -2.31. The summed E-state index contributed by atoms with van der Waals surface area (Å²) < 4.78 is 54.4. The molecular formula is C27H23F4N7O2. The maximum Gasteiger partial charge on any atom is 0.451 e. The molecule has 1 aromatic carbocycles. The van der Waals surface area contributed by atoms with E-state index in [0.29, 0.717) is 6.42 Å². The minimum absolute atomic E-state index is 0.00431. The molecule has 0 fully saturated rings. The van der Waals surface area contributed by atoms with Crippen molar-refractivity contribution < 1.29 is 27.2 Å². The predicted octanol–water partition coefficient (Wildman–Crippen LogP) is 5.12. The van der Waals surface area contributed by atoms with E-state index in [1.807, 2.05) is 13.8 Å². The average Bonchev–Trinajstić information content (AvgIpc) is 2.92. The van der Waals surface area contributed by atoms with Crippen LogP contribution < -0.4 is 16.4 Å². The van der Waals surface area contributed by atoms with Crippen LogP contribution in [0.15, 0.2) is 60.9 Å². The number of nitrogens with two attached hydrogens (primary N) is 1. The van der Waals surface area contributed by atoms with Crippen molar-refractivity contribution in [2.75, 3.05) is 11.1 Å². The number of halogens is 4. The van der Waals surface area contributed by atoms with E-state index in [0.717, 1.165) is 12.1 Å². The number of aromatic nitrogens is 4. The number of nitrogens with zero attached hydrogens (tertiary/aromatic N) is 4. The van der Waals surface area contributed by atoms with Crippen molar-refractivity contribution in [3.05, 3.63) is 83.8 Å². The third-order valence-corrected chi connectivity index (χ3v) is 5.82. The first kappa shape index (κ1) is 28.1. The summed E-state index contributed by atoms with van der Waals surface area (Å²) >= 11 is 0. The molecule has 9 nitrogen and oxygen atoms in total. The number of hydrogen-bond donors (Lipinski definition) is 3. The maximum atomic E-state index is 14.7. The van der Waals surface area contributed by atoms with Crippen LogP contribution >= 0.6 is 0 Å². The van der Waals surface area contributed by atoms with Crippen LogP contribution in [0.5, 0.6) is 0 Å². The zero-order valence-corrected chi connectivity index (χ0v) is 21.3. The molecule has 0 bridgehead atoms. The van der Waals surface area contributed by atoms with Gasteiger partial charge in [-0.2, -0.15) is 13.2 Å². The molecule has 1 unspecified atom stereocenters. The summed E-state index contributed by atoms with van der Waals surface area (Å²) in [5.74, 6) is -3.63. The Morgan fingerprint density at radius 1 is 0.975 bits per heavy atom. The normalized spacial score (nSPS) is 12.1. The Morgan fingerprint density at radius 2 is 1.75 bits per heavy atom. The third-order valence-electron chi connectivity index (χ3n) is 5.82. The van der Waals surface area contributed by atoms with Crippen molar-refractivity contribution >= 4 is 23.3 Å². The Kier molecular flexibility index (Phi) is 8.03. The fourth-order valence-electron chi connectivity index (χ4n) is 3.62. The van der Waals surface area contributed by atoms with Crippen LogP contribution in [0.2, 0.25) is 0 Å². The number of amides is 2. The molecule has 4 rings (SSSR count). The van der Waals surface area contributed by atoms with Gasteiger partial charge in [-0.15, -0.1) is 0 Å². The Labute approximate surface area is 225 Å². The molecule has 0 saturated heterocycles. The first-order valence-electron chi connectivity index (χ1n) is 12.0. The first-order chi connectivity index (χ1) is 19.0. The number of rotatable bonds is 7. The van der Waals surface area contributed by atoms with E-state index in [1.54, 1.807) is 0 Å². The summed E-state index contributed by atoms with van der Waals surface area (Å²) in [4.78, 5) is 40.5. The molecule has 4 aromatic rings. The van der Waals surface area contributed by atoms with Crippen molar-refractivity contribution in [2.45, 2.75) is 32.5 Å². The van der Waals surface area contributed by atoms with Crippen LogP contribution in [-0.2, 0) is 6.18 Å². The highest BCUT2D eigenvalue weighted by molar-refractivity contribution is 6.05. The summed E-state index contributed by atoms with van der Waals surface area (Å²) in [6.07, 6.45) is -1.60. The van der Waals surface area contributed by atoms with Gasteiger partial charge in [0.15, 0.2) is 0 Å². The number of anilines is 2. The Morgan fingerprint density at radius 3 is 2.48 bits per heavy atom. The first-order valence-corrected chi connectivity index (χ1v) is 12.0. The fraction of sp³-hybridized carbons (Fsp3) is 0.185. The monoisotopic (exact) mass is 553 g/mol. The maximum absolute atomic E-state index is 14.7. The molecule has 206 valence electrons. The van der Waals surface area contributed by atoms with Crippen LogP contribution in [0.4, 0.5) is 29.1 Å². The van der Waals surface area contributed by atoms with Crippen molar-refractivity contribution in [1.29, 1.82) is 0 Å². The van der Waals surface area contributed by atoms with E-state index in [9.17, 15) is 27.2 Å². The average molecular weight is 554 g/mol. The van der Waals surface area contributed by atoms with Crippen LogP contribution in [0, 0.1) is 5.82 Å². The van der Waals surface area contributed by atoms with Gasteiger partial charge in [0, 0.05) is 35.0 Å². The SMILES string of the molecule is CCC(C)NC(=O)c1ccc(F)c(-c2cccc(C(=O)Nc3cnccc3-c3cc(N)nc(C(F)(F)F)n3)n2)c1. The minimum atomic E-state index is -4.84. The van der Waals surface area contributed by atoms with E-state index in [-0.39, 0.29) is 51.4 Å². The van der Waals surface area contributed by atoms with Gasteiger partial charge in [0.25, 0.3) is 11.8 Å². The topological polar surface area (TPSA) is 136 Å². The van der Waals surface area contributed by atoms with Gasteiger partial charge in [-0.05, 0) is 49.7 Å². The molecule has 0 saturated carbocycles. The molecule has 40 heavy (non-hydrogen) atoms. The molecule has 3 aromatic heterocycles. The van der Waals surface area contributed by atoms with Crippen LogP contribution in [-0.4, -0.2) is 37.8 Å². The number of alkyl halides is 3. The van der Waals surface area contributed by atoms with Gasteiger partial charge >= 0.3 is 6.18 Å². The molecule has 3 heterocycles. The number of nitrogens with one attached hydrogen (secondary N) is 2. The highest BCUT2D eigenvalue weighted by Gasteiger charge is 2.35. The molecule has 4 N–H and O–H groups in total. The zero-order valence-electron chi connectivity index (χ0n) is 21.3. The standard InChI is InChI=1S/C27H23F4N7O2/c1-3-14(2)34-24(39)15-7-8-18(28)17(11-15)19-5-4-6-20(35-19)25(40)36-22-13-33-10-9-16(22)21-12-23(32)38-26(37-21)27(29,30)31/h4-14H,3H2,1-2H3,(H,34,39)(H,36,40)(H2,32,37,38). The zero-order chi connectivity index (χ0) is 29.0. The Hall–Kier alpha value is -4.94. The fourth-order valence-corrected chi connectivity index (χ4v) is 3.62. The molecular weight excluding hydrogens is 530 g/mol. The van der Waals surface area contributed by atoms with Crippen molar-refractivity contribution in [3.63, 3.8) is 0 Å². The number of benzene rings is 1. The number of nitrogen functional groups attached to an aromatic ring is 1. The molecule has 13 heteroatoms. The summed E-state index contributed by atoms with van der Waals surface area (Å²) in [5, 5.41) is 5.35. The lowest BCUT2D eigenvalue weighted by Gasteiger charge is -2.13. The van der Waals surface area contributed by atoms with E-state index < -0.39 is 29.5 Å². The number of carbonyl (C=O) groups is 2. The van der Waals surface area contributed by atoms with E-state index in [1.165, 1.54) is 48.8 Å². The van der Waals surface area contributed by atoms with Gasteiger partial charge in [-0.1, -0.05) is 13.0 Å². The molecule has 1 atom stereocenters. The van der Waals surface area contributed by atoms with E-state index in [2.05, 4.69) is 30.6 Å². The molecule has 0 aliphatic heterocycles. The van der Waals surface area contributed by atoms with Gasteiger partial charge in [0.05, 0.1) is 23.3 Å². The molecule has 0 radical (unpaired) electrons. The van der Waals surface area contributed by atoms with Gasteiger partial charge in [-0.3, -0.25) is 14.6 Å². The highest BCUT2D eigenvalue weighted by atomic mass is 19.4. The number of pyridine rings is 2. The van der Waals surface area contributed by atoms with Crippen LogP contribution in [0.3, 0.4) is 0 Å². The van der Waals surface area contributed by atoms with Crippen molar-refractivity contribution in [2.24, 2.45) is 0 Å². The summed E-state index contributed by atoms with van der Waals surface area (Å²) in [6, 6.07) is 10.6. The van der Waals surface area contributed by atoms with Crippen LogP contribution in [0.1, 0.15) is 46.9 Å². The van der Waals surface area contributed by atoms with Gasteiger partial charge in [-0.25, -0.2) is 19.3 Å². The van der Waals surface area contributed by atoms with E-state index >= 15 is 0 Å². The Balaban J connectivity index is 1.64. The summed E-state index contributed by atoms with van der Waals surface area (Å²) in [6.45, 7) is 3.76. The second-order valence-electron chi connectivity index (χ2n) is 8.76. The molecule has 2 amide bonds. The molecule has 0 spiro atoms. The molecule has 0 aliphatic rings. The summed E-state index contributed by atoms with van der Waals surface area (Å²) in [5.41, 5.74) is 5.69. The smallest absolute Gasteiger partial charge is 0.384 e. The predicted molar refractivity (Wildman–Crippen MR) is 139 cm³/mol. The molecule has 0 aliphatic carbocycles. The number of carbonyl (C=O) groups excluding carboxylic acids is 2. The Bertz CT molecular complexity index is 1580. The highest BCUT2D eigenvalue weighted by Crippen LogP contribution is 2.32. The summed E-state index contributed by atoms with van der Waals surface area (Å²) in [7, 11) is 0. The lowest BCUT2D eigenvalue weighted by molar-refractivity contribution is -0.144. The van der Waals surface area contributed by atoms with E-state index in [4.69, 9.17) is 5.73 Å². The number of hydrogen-bond acceptors (Lipinski definition) is 7.